The lowest BCUT2D eigenvalue weighted by atomic mass is 9.95. The molecule has 0 unspecified atom stereocenters. The Balaban J connectivity index is 1.50. The second-order valence-corrected chi connectivity index (χ2v) is 6.04. The van der Waals surface area contributed by atoms with Crippen LogP contribution < -0.4 is 4.90 Å². The summed E-state index contributed by atoms with van der Waals surface area (Å²) < 4.78 is 15.3. The number of benzene rings is 2. The van der Waals surface area contributed by atoms with Gasteiger partial charge in [0, 0.05) is 19.0 Å². The SMILES string of the molecule is O=C(C1CCN(c2ccccc2F)CC1)n1nnc2ccccc21. The summed E-state index contributed by atoms with van der Waals surface area (Å²) in [6, 6.07) is 14.2. The molecule has 2 heterocycles. The van der Waals surface area contributed by atoms with Crippen molar-refractivity contribution in [2.24, 2.45) is 5.92 Å². The highest BCUT2D eigenvalue weighted by Gasteiger charge is 2.28. The average Bonchev–Trinajstić information content (AvgIpc) is 3.06. The molecule has 3 aromatic rings. The van der Waals surface area contributed by atoms with Crippen molar-refractivity contribution in [2.45, 2.75) is 12.8 Å². The number of carbonyl (C=O) groups excluding carboxylic acids is 1. The van der Waals surface area contributed by atoms with Crippen LogP contribution in [-0.4, -0.2) is 34.0 Å². The first-order valence-electron chi connectivity index (χ1n) is 8.08. The first-order valence-corrected chi connectivity index (χ1v) is 8.08. The lowest BCUT2D eigenvalue weighted by molar-refractivity contribution is 0.0799. The van der Waals surface area contributed by atoms with E-state index in [9.17, 15) is 9.18 Å². The van der Waals surface area contributed by atoms with Crippen LogP contribution in [0.2, 0.25) is 0 Å². The van der Waals surface area contributed by atoms with Gasteiger partial charge in [-0.3, -0.25) is 4.79 Å². The lowest BCUT2D eigenvalue weighted by Crippen LogP contribution is -2.38. The van der Waals surface area contributed by atoms with Crippen LogP contribution in [0.25, 0.3) is 11.0 Å². The third-order valence-electron chi connectivity index (χ3n) is 4.60. The van der Waals surface area contributed by atoms with E-state index in [1.165, 1.54) is 10.7 Å². The molecule has 1 aromatic heterocycles. The van der Waals surface area contributed by atoms with Gasteiger partial charge in [0.2, 0.25) is 0 Å². The van der Waals surface area contributed by atoms with Crippen LogP contribution in [-0.2, 0) is 0 Å². The van der Waals surface area contributed by atoms with Crippen molar-refractivity contribution in [1.29, 1.82) is 0 Å². The molecule has 4 rings (SSSR count). The Bertz CT molecular complexity index is 883. The van der Waals surface area contributed by atoms with Crippen LogP contribution in [0.3, 0.4) is 0 Å². The van der Waals surface area contributed by atoms with Crippen molar-refractivity contribution < 1.29 is 9.18 Å². The Morgan fingerprint density at radius 3 is 2.54 bits per heavy atom. The molecule has 0 aliphatic carbocycles. The first kappa shape index (κ1) is 14.8. The number of hydrogen-bond donors (Lipinski definition) is 0. The fraction of sp³-hybridized carbons (Fsp3) is 0.278. The van der Waals surface area contributed by atoms with Crippen LogP contribution in [0.5, 0.6) is 0 Å². The highest BCUT2D eigenvalue weighted by molar-refractivity contribution is 5.90. The van der Waals surface area contributed by atoms with E-state index in [4.69, 9.17) is 0 Å². The molecule has 1 aliphatic heterocycles. The third kappa shape index (κ3) is 2.54. The average molecular weight is 324 g/mol. The molecule has 0 atom stereocenters. The highest BCUT2D eigenvalue weighted by atomic mass is 19.1. The Hall–Kier alpha value is -2.76. The molecule has 0 amide bonds. The van der Waals surface area contributed by atoms with Gasteiger partial charge >= 0.3 is 0 Å². The van der Waals surface area contributed by atoms with Crippen LogP contribution in [0, 0.1) is 11.7 Å². The van der Waals surface area contributed by atoms with Gasteiger partial charge in [-0.05, 0) is 37.1 Å². The number of hydrogen-bond acceptors (Lipinski definition) is 4. The van der Waals surface area contributed by atoms with Crippen molar-refractivity contribution in [2.75, 3.05) is 18.0 Å². The first-order chi connectivity index (χ1) is 11.7. The Labute approximate surface area is 138 Å². The third-order valence-corrected chi connectivity index (χ3v) is 4.60. The van der Waals surface area contributed by atoms with Gasteiger partial charge in [-0.25, -0.2) is 4.39 Å². The number of carbonyl (C=O) groups is 1. The molecule has 122 valence electrons. The highest BCUT2D eigenvalue weighted by Crippen LogP contribution is 2.26. The maximum absolute atomic E-state index is 13.9. The van der Waals surface area contributed by atoms with Crippen LogP contribution in [0.4, 0.5) is 10.1 Å². The molecular weight excluding hydrogens is 307 g/mol. The van der Waals surface area contributed by atoms with Gasteiger partial charge in [0.15, 0.2) is 0 Å². The summed E-state index contributed by atoms with van der Waals surface area (Å²) >= 11 is 0. The number of para-hydroxylation sites is 2. The summed E-state index contributed by atoms with van der Waals surface area (Å²) in [5, 5.41) is 8.05. The minimum atomic E-state index is -0.218. The van der Waals surface area contributed by atoms with Gasteiger partial charge < -0.3 is 4.90 Å². The van der Waals surface area contributed by atoms with E-state index in [1.54, 1.807) is 12.1 Å². The smallest absolute Gasteiger partial charge is 0.252 e. The second-order valence-electron chi connectivity index (χ2n) is 6.04. The number of rotatable bonds is 2. The molecule has 1 aliphatic rings. The molecule has 0 saturated carbocycles. The van der Waals surface area contributed by atoms with E-state index in [0.717, 1.165) is 11.0 Å². The minimum absolute atomic E-state index is 0.0307. The van der Waals surface area contributed by atoms with Gasteiger partial charge in [0.25, 0.3) is 5.91 Å². The van der Waals surface area contributed by atoms with Crippen molar-refractivity contribution in [3.05, 3.63) is 54.3 Å². The summed E-state index contributed by atoms with van der Waals surface area (Å²) in [5.74, 6) is -0.362. The molecule has 6 heteroatoms. The molecule has 0 spiro atoms. The van der Waals surface area contributed by atoms with Crippen molar-refractivity contribution in [3.8, 4) is 0 Å². The zero-order chi connectivity index (χ0) is 16.5. The van der Waals surface area contributed by atoms with Gasteiger partial charge in [0.05, 0.1) is 11.2 Å². The molecule has 2 aromatic carbocycles. The second kappa shape index (κ2) is 6.03. The normalized spacial score (nSPS) is 15.8. The van der Waals surface area contributed by atoms with Gasteiger partial charge in [-0.2, -0.15) is 4.68 Å². The Morgan fingerprint density at radius 1 is 1.04 bits per heavy atom. The van der Waals surface area contributed by atoms with Crippen LogP contribution in [0.15, 0.2) is 48.5 Å². The largest absolute Gasteiger partial charge is 0.369 e. The van der Waals surface area contributed by atoms with Crippen LogP contribution in [0.1, 0.15) is 17.6 Å². The maximum atomic E-state index is 13.9. The van der Waals surface area contributed by atoms with Gasteiger partial charge in [0.1, 0.15) is 11.3 Å². The number of anilines is 1. The van der Waals surface area contributed by atoms with E-state index >= 15 is 0 Å². The van der Waals surface area contributed by atoms with Crippen molar-refractivity contribution in [3.63, 3.8) is 0 Å². The van der Waals surface area contributed by atoms with E-state index in [1.807, 2.05) is 35.2 Å². The topological polar surface area (TPSA) is 51.0 Å². The van der Waals surface area contributed by atoms with E-state index < -0.39 is 0 Å². The number of piperidine rings is 1. The minimum Gasteiger partial charge on any atom is -0.369 e. The molecule has 24 heavy (non-hydrogen) atoms. The molecule has 0 N–H and O–H groups in total. The Kier molecular flexibility index (Phi) is 3.72. The summed E-state index contributed by atoms with van der Waals surface area (Å²) in [4.78, 5) is 14.8. The lowest BCUT2D eigenvalue weighted by Gasteiger charge is -2.32. The molecule has 0 bridgehead atoms. The molecule has 1 fully saturated rings. The van der Waals surface area contributed by atoms with Crippen LogP contribution >= 0.6 is 0 Å². The van der Waals surface area contributed by atoms with Crippen molar-refractivity contribution >= 4 is 22.6 Å². The van der Waals surface area contributed by atoms with Gasteiger partial charge in [-0.15, -0.1) is 5.10 Å². The predicted molar refractivity (Wildman–Crippen MR) is 89.5 cm³/mol. The van der Waals surface area contributed by atoms with Crippen molar-refractivity contribution in [1.82, 2.24) is 15.0 Å². The predicted octanol–water partition coefficient (Wildman–Crippen LogP) is 3.13. The summed E-state index contributed by atoms with van der Waals surface area (Å²) in [6.45, 7) is 1.31. The number of fused-ring (bicyclic) bond motifs is 1. The number of aromatic nitrogens is 3. The summed E-state index contributed by atoms with van der Waals surface area (Å²) in [5.41, 5.74) is 2.06. The standard InChI is InChI=1S/C18H17FN4O/c19-14-5-1-3-7-16(14)22-11-9-13(10-12-22)18(24)23-17-8-4-2-6-15(17)20-21-23/h1-8,13H,9-12H2. The quantitative estimate of drug-likeness (QED) is 0.727. The zero-order valence-electron chi connectivity index (χ0n) is 13.1. The summed E-state index contributed by atoms with van der Waals surface area (Å²) in [7, 11) is 0. The fourth-order valence-corrected chi connectivity index (χ4v) is 3.28. The zero-order valence-corrected chi connectivity index (χ0v) is 13.1. The molecule has 5 nitrogen and oxygen atoms in total. The van der Waals surface area contributed by atoms with E-state index in [2.05, 4.69) is 10.3 Å². The number of halogens is 1. The van der Waals surface area contributed by atoms with E-state index in [0.29, 0.717) is 31.6 Å². The number of nitrogens with zero attached hydrogens (tertiary/aromatic N) is 4. The summed E-state index contributed by atoms with van der Waals surface area (Å²) in [6.07, 6.45) is 1.36. The van der Waals surface area contributed by atoms with E-state index in [-0.39, 0.29) is 17.6 Å². The molecule has 1 saturated heterocycles. The maximum Gasteiger partial charge on any atom is 0.252 e. The monoisotopic (exact) mass is 324 g/mol. The molecular formula is C18H17FN4O. The fourth-order valence-electron chi connectivity index (χ4n) is 3.28. The van der Waals surface area contributed by atoms with Gasteiger partial charge in [-0.1, -0.05) is 29.5 Å². The molecule has 0 radical (unpaired) electrons. The Morgan fingerprint density at radius 2 is 1.75 bits per heavy atom.